The van der Waals surface area contributed by atoms with E-state index in [1.54, 1.807) is 13.4 Å². The van der Waals surface area contributed by atoms with Crippen LogP contribution in [0.3, 0.4) is 0 Å². The summed E-state index contributed by atoms with van der Waals surface area (Å²) in [6, 6.07) is 5.67. The minimum atomic E-state index is 0. The van der Waals surface area contributed by atoms with Crippen LogP contribution < -0.4 is 113 Å². The predicted octanol–water partition coefficient (Wildman–Crippen LogP) is -3.38. The Balaban J connectivity index is -0.000000177. The Hall–Kier alpha value is 1.75. The van der Waals surface area contributed by atoms with E-state index >= 15 is 0 Å². The molecule has 1 aromatic rings. The quantitative estimate of drug-likeness (QED) is 0.254. The van der Waals surface area contributed by atoms with Crippen LogP contribution in [-0.4, -0.2) is 32.9 Å². The summed E-state index contributed by atoms with van der Waals surface area (Å²) in [5.74, 6) is 4.91. The van der Waals surface area contributed by atoms with Gasteiger partial charge in [-0.2, -0.15) is 0 Å². The van der Waals surface area contributed by atoms with Crippen molar-refractivity contribution in [3.05, 3.63) is 48.4 Å². The van der Waals surface area contributed by atoms with E-state index in [9.17, 15) is 4.79 Å². The van der Waals surface area contributed by atoms with Crippen molar-refractivity contribution in [3.8, 4) is 5.75 Å². The van der Waals surface area contributed by atoms with Crippen LogP contribution in [0.5, 0.6) is 5.75 Å². The van der Waals surface area contributed by atoms with Crippen molar-refractivity contribution in [2.75, 3.05) is 20.7 Å². The molecule has 0 fully saturated rings. The SMILES string of the molecule is CCc1cc(OC)ccc1[C-]=C[C-]=O.[CH-]=S.[CH2-]CNC.[K+].[K+]. The number of methoxy groups -OCH3 is 1. The number of aryl methyl sites for hydroxylation is 1. The van der Waals surface area contributed by atoms with Crippen molar-refractivity contribution >= 4 is 24.4 Å². The zero-order valence-corrected chi connectivity index (χ0v) is 21.3. The van der Waals surface area contributed by atoms with Gasteiger partial charge in [0.05, 0.1) is 12.9 Å². The molecule has 0 amide bonds. The van der Waals surface area contributed by atoms with Crippen LogP contribution in [0.1, 0.15) is 18.1 Å². The van der Waals surface area contributed by atoms with E-state index in [2.05, 4.69) is 36.4 Å². The first-order chi connectivity index (χ1) is 9.73. The number of hydrogen-bond donors (Lipinski definition) is 1. The molecule has 0 aliphatic rings. The number of nitrogens with one attached hydrogen (secondary N) is 1. The second-order valence-corrected chi connectivity index (χ2v) is 3.39. The fraction of sp³-hybridized carbons (Fsp3) is 0.312. The first-order valence-electron chi connectivity index (χ1n) is 6.03. The second-order valence-electron chi connectivity index (χ2n) is 3.39. The molecular formula is C16H21K2NO2S-2. The largest absolute Gasteiger partial charge is 1.00 e. The fourth-order valence-electron chi connectivity index (χ4n) is 1.24. The molecule has 3 nitrogen and oxygen atoms in total. The van der Waals surface area contributed by atoms with Crippen LogP contribution in [0.25, 0.3) is 0 Å². The molecule has 0 heterocycles. The summed E-state index contributed by atoms with van der Waals surface area (Å²) in [6.07, 6.45) is 6.67. The Morgan fingerprint density at radius 3 is 2.32 bits per heavy atom. The van der Waals surface area contributed by atoms with Crippen molar-refractivity contribution < 1.29 is 112 Å². The number of rotatable bonds is 5. The van der Waals surface area contributed by atoms with Crippen molar-refractivity contribution in [1.29, 1.82) is 0 Å². The summed E-state index contributed by atoms with van der Waals surface area (Å²) >= 11 is 3.58. The molecule has 0 atom stereocenters. The molecule has 22 heavy (non-hydrogen) atoms. The molecule has 112 valence electrons. The van der Waals surface area contributed by atoms with Crippen LogP contribution in [0.2, 0.25) is 0 Å². The van der Waals surface area contributed by atoms with Gasteiger partial charge in [0.15, 0.2) is 0 Å². The first kappa shape index (κ1) is 31.5. The van der Waals surface area contributed by atoms with Gasteiger partial charge in [0.2, 0.25) is 0 Å². The Bertz CT molecular complexity index is 400. The topological polar surface area (TPSA) is 38.3 Å². The third kappa shape index (κ3) is 16.6. The molecule has 1 aromatic carbocycles. The average molecular weight is 370 g/mol. The Morgan fingerprint density at radius 2 is 1.95 bits per heavy atom. The zero-order chi connectivity index (χ0) is 15.8. The van der Waals surface area contributed by atoms with E-state index in [1.807, 2.05) is 32.2 Å². The van der Waals surface area contributed by atoms with Gasteiger partial charge in [0.1, 0.15) is 0 Å². The van der Waals surface area contributed by atoms with Crippen molar-refractivity contribution in [3.63, 3.8) is 0 Å². The molecular weight excluding hydrogens is 348 g/mol. The minimum absolute atomic E-state index is 0. The molecule has 6 heteroatoms. The van der Waals surface area contributed by atoms with Gasteiger partial charge in [0, 0.05) is 0 Å². The monoisotopic (exact) mass is 369 g/mol. The summed E-state index contributed by atoms with van der Waals surface area (Å²) < 4.78 is 5.10. The summed E-state index contributed by atoms with van der Waals surface area (Å²) in [6.45, 7) is 6.36. The van der Waals surface area contributed by atoms with E-state index in [1.165, 1.54) is 6.08 Å². The molecule has 0 aliphatic carbocycles. The van der Waals surface area contributed by atoms with Gasteiger partial charge < -0.3 is 39.9 Å². The normalized spacial score (nSPS) is 8.18. The van der Waals surface area contributed by atoms with E-state index in [0.29, 0.717) is 0 Å². The smallest absolute Gasteiger partial charge is 0.500 e. The number of benzene rings is 1. The van der Waals surface area contributed by atoms with Gasteiger partial charge in [-0.3, -0.25) is 11.6 Å². The molecule has 0 spiro atoms. The number of thiocarbonyl (C=S) groups is 1. The Morgan fingerprint density at radius 1 is 1.41 bits per heavy atom. The third-order valence-corrected chi connectivity index (χ3v) is 2.23. The molecule has 0 aromatic heterocycles. The van der Waals surface area contributed by atoms with Gasteiger partial charge in [0.25, 0.3) is 0 Å². The van der Waals surface area contributed by atoms with E-state index in [4.69, 9.17) is 4.74 Å². The first-order valence-corrected chi connectivity index (χ1v) is 6.50. The van der Waals surface area contributed by atoms with Crippen molar-refractivity contribution in [1.82, 2.24) is 5.32 Å². The molecule has 0 aliphatic heterocycles. The van der Waals surface area contributed by atoms with Crippen LogP contribution >= 0.6 is 12.2 Å². The van der Waals surface area contributed by atoms with E-state index in [0.717, 1.165) is 29.8 Å². The third-order valence-electron chi connectivity index (χ3n) is 2.23. The molecule has 0 saturated heterocycles. The summed E-state index contributed by atoms with van der Waals surface area (Å²) in [4.78, 5) is 10.0. The summed E-state index contributed by atoms with van der Waals surface area (Å²) in [7, 11) is 3.50. The number of ether oxygens (including phenoxy) is 1. The predicted molar refractivity (Wildman–Crippen MR) is 87.9 cm³/mol. The van der Waals surface area contributed by atoms with Gasteiger partial charge in [-0.15, -0.1) is 18.7 Å². The minimum Gasteiger partial charge on any atom is -0.500 e. The molecule has 1 rings (SSSR count). The summed E-state index contributed by atoms with van der Waals surface area (Å²) in [5, 5.41) is 2.82. The number of allylic oxidation sites excluding steroid dienone is 1. The van der Waals surface area contributed by atoms with E-state index in [-0.39, 0.29) is 103 Å². The Labute approximate surface area is 225 Å². The van der Waals surface area contributed by atoms with Crippen molar-refractivity contribution in [2.45, 2.75) is 13.3 Å². The average Bonchev–Trinajstić information content (AvgIpc) is 2.54. The van der Waals surface area contributed by atoms with Gasteiger partial charge in [-0.1, -0.05) is 13.3 Å². The van der Waals surface area contributed by atoms with Crippen LogP contribution in [-0.2, 0) is 11.2 Å². The Kier molecular flexibility index (Phi) is 35.8. The van der Waals surface area contributed by atoms with Gasteiger partial charge in [-0.05, 0) is 13.3 Å². The van der Waals surface area contributed by atoms with Crippen LogP contribution in [0, 0.1) is 13.0 Å². The zero-order valence-electron chi connectivity index (χ0n) is 14.2. The maximum atomic E-state index is 10.0. The van der Waals surface area contributed by atoms with E-state index < -0.39 is 0 Å². The summed E-state index contributed by atoms with van der Waals surface area (Å²) in [5.41, 5.74) is 2.02. The number of hydrogen-bond acceptors (Lipinski definition) is 4. The fourth-order valence-corrected chi connectivity index (χ4v) is 1.24. The maximum absolute atomic E-state index is 10.0. The van der Waals surface area contributed by atoms with Gasteiger partial charge >= 0.3 is 103 Å². The van der Waals surface area contributed by atoms with Crippen molar-refractivity contribution in [2.24, 2.45) is 0 Å². The molecule has 1 N–H and O–H groups in total. The van der Waals surface area contributed by atoms with Crippen LogP contribution in [0.4, 0.5) is 0 Å². The van der Waals surface area contributed by atoms with Crippen LogP contribution in [0.15, 0.2) is 24.3 Å². The molecule has 0 unspecified atom stereocenters. The molecule has 0 bridgehead atoms. The molecule has 0 radical (unpaired) electrons. The molecule has 0 saturated carbocycles. The second kappa shape index (κ2) is 25.0. The maximum Gasteiger partial charge on any atom is 1.00 e. The van der Waals surface area contributed by atoms with Gasteiger partial charge in [-0.25, -0.2) is 17.7 Å². The standard InChI is InChI=1S/C12H12O2.C3H8N.CHS.2K/c1-3-10-9-12(14-2)7-6-11(10)5-4-8-13;1-3-4-2;1-2;;/h4,6-7,9H,3H2,1-2H3;4H,1,3H2,2H3;1H;;/q-2;2*-1;2*+1. The number of carbonyl (C=O) groups excluding carboxylic acids is 1.